The molecule has 6 nitrogen and oxygen atoms in total. The second-order valence-corrected chi connectivity index (χ2v) is 7.19. The van der Waals surface area contributed by atoms with Gasteiger partial charge in [0.05, 0.1) is 12.2 Å². The Kier molecular flexibility index (Phi) is 8.21. The molecule has 0 aromatic heterocycles. The van der Waals surface area contributed by atoms with Crippen molar-refractivity contribution in [2.45, 2.75) is 32.2 Å². The van der Waals surface area contributed by atoms with Gasteiger partial charge in [-0.1, -0.05) is 36.4 Å². The van der Waals surface area contributed by atoms with Crippen LogP contribution in [0, 0.1) is 0 Å². The van der Waals surface area contributed by atoms with Gasteiger partial charge in [-0.25, -0.2) is 0 Å². The van der Waals surface area contributed by atoms with Gasteiger partial charge in [-0.2, -0.15) is 10.1 Å². The number of nitrogens with zero attached hydrogens (tertiary/aromatic N) is 3. The van der Waals surface area contributed by atoms with E-state index in [0.717, 1.165) is 35.6 Å². The Morgan fingerprint density at radius 3 is 2.87 bits per heavy atom. The summed E-state index contributed by atoms with van der Waals surface area (Å²) in [4.78, 5) is 16.9. The Hall–Kier alpha value is -3.63. The Bertz CT molecular complexity index is 980. The average Bonchev–Trinajstić information content (AvgIpc) is 3.02. The zero-order valence-corrected chi connectivity index (χ0v) is 17.9. The lowest BCUT2D eigenvalue weighted by Gasteiger charge is -2.21. The lowest BCUT2D eigenvalue weighted by molar-refractivity contribution is -0.122. The summed E-state index contributed by atoms with van der Waals surface area (Å²) in [5.41, 5.74) is 7.36. The largest absolute Gasteiger partial charge is 0.486 e. The minimum atomic E-state index is -0.355. The first-order valence-corrected chi connectivity index (χ1v) is 10.4. The molecule has 1 N–H and O–H groups in total. The molecule has 0 unspecified atom stereocenters. The van der Waals surface area contributed by atoms with Gasteiger partial charge < -0.3 is 10.1 Å². The molecule has 31 heavy (non-hydrogen) atoms. The lowest BCUT2D eigenvalue weighted by atomic mass is 9.89. The average molecular weight is 417 g/mol. The smallest absolute Gasteiger partial charge is 0.274 e. The van der Waals surface area contributed by atoms with Gasteiger partial charge >= 0.3 is 0 Å². The van der Waals surface area contributed by atoms with Crippen LogP contribution in [-0.2, 0) is 16.1 Å². The van der Waals surface area contributed by atoms with Gasteiger partial charge in [0.15, 0.2) is 0 Å². The molecule has 1 fully saturated rings. The summed E-state index contributed by atoms with van der Waals surface area (Å²) in [5.74, 6) is 0.461. The van der Waals surface area contributed by atoms with E-state index in [4.69, 9.17) is 4.74 Å². The highest BCUT2D eigenvalue weighted by atomic mass is 16.5. The summed E-state index contributed by atoms with van der Waals surface area (Å²) in [6, 6.07) is 9.79. The SMILES string of the molecule is C=NN(C=NCc1ccccc1)C(=O)/C=C(/COC1=C2CCCCC2=CC=C=C1)NC. The number of carbonyl (C=O) groups excluding carboxylic acids is 1. The van der Waals surface area contributed by atoms with Gasteiger partial charge in [-0.05, 0) is 48.5 Å². The number of allylic oxidation sites excluding steroid dienone is 4. The number of fused-ring (bicyclic) bond motifs is 1. The highest BCUT2D eigenvalue weighted by Gasteiger charge is 2.17. The zero-order valence-electron chi connectivity index (χ0n) is 17.9. The number of hydrazone groups is 1. The van der Waals surface area contributed by atoms with E-state index in [1.165, 1.54) is 30.0 Å². The first kappa shape index (κ1) is 22.1. The van der Waals surface area contributed by atoms with Crippen molar-refractivity contribution in [2.24, 2.45) is 10.1 Å². The molecule has 0 bridgehead atoms. The van der Waals surface area contributed by atoms with Crippen molar-refractivity contribution in [1.29, 1.82) is 0 Å². The third kappa shape index (κ3) is 6.43. The van der Waals surface area contributed by atoms with Crippen molar-refractivity contribution >= 4 is 19.0 Å². The number of benzene rings is 1. The summed E-state index contributed by atoms with van der Waals surface area (Å²) < 4.78 is 6.06. The van der Waals surface area contributed by atoms with Crippen LogP contribution in [0.15, 0.2) is 93.1 Å². The zero-order chi connectivity index (χ0) is 21.9. The van der Waals surface area contributed by atoms with Crippen LogP contribution < -0.4 is 5.32 Å². The summed E-state index contributed by atoms with van der Waals surface area (Å²) in [5, 5.41) is 7.89. The maximum atomic E-state index is 12.6. The minimum absolute atomic E-state index is 0.235. The van der Waals surface area contributed by atoms with Crippen LogP contribution in [-0.4, -0.2) is 37.6 Å². The predicted molar refractivity (Wildman–Crippen MR) is 124 cm³/mol. The van der Waals surface area contributed by atoms with Gasteiger partial charge in [0.1, 0.15) is 18.7 Å². The van der Waals surface area contributed by atoms with Gasteiger partial charge in [-0.15, -0.1) is 5.73 Å². The fourth-order valence-electron chi connectivity index (χ4n) is 3.41. The molecule has 6 heteroatoms. The molecule has 1 aromatic rings. The number of amides is 1. The molecule has 0 saturated heterocycles. The normalized spacial score (nSPS) is 15.9. The number of nitrogens with one attached hydrogen (secondary N) is 1. The van der Waals surface area contributed by atoms with E-state index >= 15 is 0 Å². The van der Waals surface area contributed by atoms with Crippen molar-refractivity contribution in [2.75, 3.05) is 13.7 Å². The molecule has 2 aliphatic rings. The monoisotopic (exact) mass is 416 g/mol. The molecular formula is C25H28N4O2. The Morgan fingerprint density at radius 1 is 1.29 bits per heavy atom. The molecule has 3 rings (SSSR count). The molecule has 0 aliphatic heterocycles. The Labute approximate surface area is 183 Å². The van der Waals surface area contributed by atoms with Gasteiger partial charge in [-0.3, -0.25) is 9.79 Å². The number of rotatable bonds is 9. The van der Waals surface area contributed by atoms with E-state index < -0.39 is 0 Å². The number of ether oxygens (including phenoxy) is 1. The molecule has 0 radical (unpaired) electrons. The van der Waals surface area contributed by atoms with Crippen LogP contribution in [0.3, 0.4) is 0 Å². The highest BCUT2D eigenvalue weighted by molar-refractivity contribution is 5.96. The summed E-state index contributed by atoms with van der Waals surface area (Å²) in [6.45, 7) is 4.16. The van der Waals surface area contributed by atoms with Crippen LogP contribution in [0.4, 0.5) is 0 Å². The van der Waals surface area contributed by atoms with Gasteiger partial charge in [0.25, 0.3) is 5.91 Å². The van der Waals surface area contributed by atoms with Crippen LogP contribution in [0.25, 0.3) is 0 Å². The third-order valence-electron chi connectivity index (χ3n) is 5.09. The van der Waals surface area contributed by atoms with Crippen LogP contribution in [0.1, 0.15) is 31.2 Å². The van der Waals surface area contributed by atoms with E-state index in [2.05, 4.69) is 33.9 Å². The minimum Gasteiger partial charge on any atom is -0.486 e. The van der Waals surface area contributed by atoms with E-state index in [-0.39, 0.29) is 12.5 Å². The van der Waals surface area contributed by atoms with Crippen LogP contribution in [0.2, 0.25) is 0 Å². The van der Waals surface area contributed by atoms with E-state index in [0.29, 0.717) is 12.2 Å². The topological polar surface area (TPSA) is 66.3 Å². The fourth-order valence-corrected chi connectivity index (χ4v) is 3.41. The predicted octanol–water partition coefficient (Wildman–Crippen LogP) is 4.26. The van der Waals surface area contributed by atoms with Crippen LogP contribution in [0.5, 0.6) is 0 Å². The lowest BCUT2D eigenvalue weighted by Crippen LogP contribution is -2.24. The summed E-state index contributed by atoms with van der Waals surface area (Å²) in [7, 11) is 1.75. The maximum absolute atomic E-state index is 12.6. The standard InChI is InChI=1S/C25H28N4O2/c1-26-22(18-31-24-15-9-7-13-21-12-6-8-14-23(21)24)16-25(30)29(27-2)19-28-17-20-10-4-3-5-11-20/h3-5,7,10-11,13,15-16,19,26H,2,6,8,12,14,17-18H2,1H3/b22-16-,28-19?. The second kappa shape index (κ2) is 11.5. The number of carbonyl (C=O) groups is 1. The second-order valence-electron chi connectivity index (χ2n) is 7.19. The quantitative estimate of drug-likeness (QED) is 0.215. The number of hydrogen-bond donors (Lipinski definition) is 1. The molecule has 1 saturated carbocycles. The van der Waals surface area contributed by atoms with Crippen molar-refractivity contribution in [3.8, 4) is 0 Å². The molecule has 0 atom stereocenters. The van der Waals surface area contributed by atoms with Crippen molar-refractivity contribution in [1.82, 2.24) is 10.3 Å². The van der Waals surface area contributed by atoms with Crippen molar-refractivity contribution in [3.63, 3.8) is 0 Å². The number of aliphatic imine (C=N–C) groups is 1. The molecule has 0 heterocycles. The van der Waals surface area contributed by atoms with Crippen molar-refractivity contribution < 1.29 is 9.53 Å². The maximum Gasteiger partial charge on any atom is 0.274 e. The Morgan fingerprint density at radius 2 is 2.10 bits per heavy atom. The van der Waals surface area contributed by atoms with Crippen molar-refractivity contribution in [3.05, 3.63) is 88.5 Å². The molecule has 0 spiro atoms. The summed E-state index contributed by atoms with van der Waals surface area (Å²) in [6.07, 6.45) is 13.1. The highest BCUT2D eigenvalue weighted by Crippen LogP contribution is 2.33. The summed E-state index contributed by atoms with van der Waals surface area (Å²) >= 11 is 0. The molecule has 160 valence electrons. The Balaban J connectivity index is 1.63. The molecular weight excluding hydrogens is 388 g/mol. The molecule has 1 aromatic carbocycles. The fraction of sp³-hybridized carbons (Fsp3) is 0.280. The van der Waals surface area contributed by atoms with Crippen LogP contribution >= 0.6 is 0 Å². The first-order chi connectivity index (χ1) is 15.2. The molecule has 1 amide bonds. The van der Waals surface area contributed by atoms with Gasteiger partial charge in [0, 0.05) is 25.9 Å². The molecule has 2 aliphatic carbocycles. The number of likely N-dealkylation sites (N-methyl/N-ethyl adjacent to an activating group) is 1. The third-order valence-corrected chi connectivity index (χ3v) is 5.09. The first-order valence-electron chi connectivity index (χ1n) is 10.4. The van der Waals surface area contributed by atoms with Gasteiger partial charge in [0.2, 0.25) is 0 Å². The van der Waals surface area contributed by atoms with E-state index in [1.54, 1.807) is 7.05 Å². The number of hydrogen-bond acceptors (Lipinski definition) is 5. The van der Waals surface area contributed by atoms with E-state index in [1.807, 2.05) is 42.5 Å². The van der Waals surface area contributed by atoms with E-state index in [9.17, 15) is 4.79 Å².